The zero-order valence-corrected chi connectivity index (χ0v) is 17.6. The lowest BCUT2D eigenvalue weighted by atomic mass is 10.1. The van der Waals surface area contributed by atoms with Gasteiger partial charge in [0.25, 0.3) is 0 Å². The summed E-state index contributed by atoms with van der Waals surface area (Å²) >= 11 is 0. The molecule has 3 rings (SSSR count). The second-order valence-electron chi connectivity index (χ2n) is 5.53. The van der Waals surface area contributed by atoms with E-state index in [0.717, 1.165) is 18.7 Å². The van der Waals surface area contributed by atoms with Crippen LogP contribution in [0.3, 0.4) is 0 Å². The third-order valence-corrected chi connectivity index (χ3v) is 3.79. The Kier molecular flexibility index (Phi) is 8.11. The lowest BCUT2D eigenvalue weighted by molar-refractivity contribution is 0.414. The van der Waals surface area contributed by atoms with Crippen molar-refractivity contribution in [3.8, 4) is 17.3 Å². The van der Waals surface area contributed by atoms with Crippen molar-refractivity contribution in [2.75, 3.05) is 20.7 Å². The molecule has 0 atom stereocenters. The van der Waals surface area contributed by atoms with Crippen LogP contribution >= 0.6 is 24.0 Å². The van der Waals surface area contributed by atoms with Gasteiger partial charge in [-0.2, -0.15) is 0 Å². The van der Waals surface area contributed by atoms with Gasteiger partial charge in [0.05, 0.1) is 19.9 Å². The highest BCUT2D eigenvalue weighted by molar-refractivity contribution is 14.0. The molecule has 0 aliphatic rings. The zero-order valence-electron chi connectivity index (χ0n) is 15.2. The quantitative estimate of drug-likeness (QED) is 0.272. The molecule has 144 valence electrons. The number of H-pyrrole nitrogens is 1. The van der Waals surface area contributed by atoms with Gasteiger partial charge < -0.3 is 19.8 Å². The summed E-state index contributed by atoms with van der Waals surface area (Å²) < 4.78 is 10.4. The predicted octanol–water partition coefficient (Wildman–Crippen LogP) is 2.60. The maximum atomic E-state index is 5.28. The van der Waals surface area contributed by atoms with Crippen molar-refractivity contribution in [1.82, 2.24) is 25.8 Å². The first-order valence-electron chi connectivity index (χ1n) is 8.31. The molecule has 0 aliphatic heterocycles. The van der Waals surface area contributed by atoms with E-state index >= 15 is 0 Å². The average Bonchev–Trinajstić information content (AvgIpc) is 3.36. The van der Waals surface area contributed by atoms with Gasteiger partial charge in [-0.3, -0.25) is 10.1 Å². The van der Waals surface area contributed by atoms with Crippen molar-refractivity contribution in [1.29, 1.82) is 0 Å². The van der Waals surface area contributed by atoms with E-state index in [2.05, 4.69) is 42.9 Å². The maximum absolute atomic E-state index is 5.28. The van der Waals surface area contributed by atoms with Crippen LogP contribution in [0, 0.1) is 0 Å². The molecule has 27 heavy (non-hydrogen) atoms. The van der Waals surface area contributed by atoms with Crippen LogP contribution in [0.1, 0.15) is 11.4 Å². The van der Waals surface area contributed by atoms with E-state index in [4.69, 9.17) is 9.15 Å². The molecule has 3 N–H and O–H groups in total. The van der Waals surface area contributed by atoms with E-state index in [1.165, 1.54) is 5.56 Å². The normalized spacial score (nSPS) is 11.0. The lowest BCUT2D eigenvalue weighted by Crippen LogP contribution is -2.38. The summed E-state index contributed by atoms with van der Waals surface area (Å²) in [6.07, 6.45) is 2.48. The number of aliphatic imine (C=N–C) groups is 1. The summed E-state index contributed by atoms with van der Waals surface area (Å²) in [4.78, 5) is 8.60. The molecule has 0 saturated heterocycles. The number of ether oxygens (including phenoxy) is 1. The number of hydrogen-bond acceptors (Lipinski definition) is 5. The Morgan fingerprint density at radius 2 is 2.04 bits per heavy atom. The van der Waals surface area contributed by atoms with Gasteiger partial charge in [-0.25, -0.2) is 4.98 Å². The standard InChI is InChI=1S/C18H22N6O2.HI/c1-19-18(20-10-9-13-5-7-14(25-2)8-6-13)21-12-16-22-17(24-23-16)15-4-3-11-26-15;/h3-8,11H,9-10,12H2,1-2H3,(H2,19,20,21)(H,22,23,24);1H. The number of methoxy groups -OCH3 is 1. The van der Waals surface area contributed by atoms with Crippen molar-refractivity contribution >= 4 is 29.9 Å². The van der Waals surface area contributed by atoms with Gasteiger partial charge in [-0.15, -0.1) is 29.1 Å². The Labute approximate surface area is 174 Å². The molecule has 0 fully saturated rings. The van der Waals surface area contributed by atoms with Crippen LogP contribution in [-0.2, 0) is 13.0 Å². The highest BCUT2D eigenvalue weighted by Crippen LogP contribution is 2.14. The Balaban J connectivity index is 0.00000261. The molecule has 3 aromatic rings. The number of benzene rings is 1. The van der Waals surface area contributed by atoms with Gasteiger partial charge in [0.15, 0.2) is 11.7 Å². The van der Waals surface area contributed by atoms with Crippen molar-refractivity contribution < 1.29 is 9.15 Å². The molecule has 0 unspecified atom stereocenters. The summed E-state index contributed by atoms with van der Waals surface area (Å²) in [5, 5.41) is 13.5. The third-order valence-electron chi connectivity index (χ3n) is 3.79. The smallest absolute Gasteiger partial charge is 0.216 e. The fourth-order valence-corrected chi connectivity index (χ4v) is 2.40. The molecule has 9 heteroatoms. The molecule has 0 spiro atoms. The monoisotopic (exact) mass is 482 g/mol. The number of rotatable bonds is 7. The molecule has 0 bridgehead atoms. The number of halogens is 1. The minimum Gasteiger partial charge on any atom is -0.497 e. The Morgan fingerprint density at radius 3 is 2.70 bits per heavy atom. The van der Waals surface area contributed by atoms with Crippen LogP contribution in [0.15, 0.2) is 52.1 Å². The summed E-state index contributed by atoms with van der Waals surface area (Å²) in [7, 11) is 3.40. The first-order valence-corrected chi connectivity index (χ1v) is 8.31. The molecule has 2 aromatic heterocycles. The van der Waals surface area contributed by atoms with Gasteiger partial charge in [0.1, 0.15) is 11.6 Å². The molecule has 0 saturated carbocycles. The summed E-state index contributed by atoms with van der Waals surface area (Å²) in [5.41, 5.74) is 1.23. The highest BCUT2D eigenvalue weighted by atomic mass is 127. The van der Waals surface area contributed by atoms with E-state index in [1.54, 1.807) is 26.5 Å². The number of furan rings is 1. The minimum atomic E-state index is 0. The Hall–Kier alpha value is -2.56. The number of aromatic nitrogens is 3. The largest absolute Gasteiger partial charge is 0.497 e. The first-order chi connectivity index (χ1) is 12.8. The van der Waals surface area contributed by atoms with E-state index in [9.17, 15) is 0 Å². The minimum absolute atomic E-state index is 0. The number of nitrogens with one attached hydrogen (secondary N) is 3. The highest BCUT2D eigenvalue weighted by Gasteiger charge is 2.08. The fourth-order valence-electron chi connectivity index (χ4n) is 2.40. The van der Waals surface area contributed by atoms with Crippen molar-refractivity contribution in [3.05, 3.63) is 54.0 Å². The van der Waals surface area contributed by atoms with Gasteiger partial charge in [-0.1, -0.05) is 12.1 Å². The molecule has 8 nitrogen and oxygen atoms in total. The van der Waals surface area contributed by atoms with Crippen LogP contribution in [0.2, 0.25) is 0 Å². The average molecular weight is 482 g/mol. The van der Waals surface area contributed by atoms with Crippen LogP contribution < -0.4 is 15.4 Å². The van der Waals surface area contributed by atoms with Crippen LogP contribution in [0.4, 0.5) is 0 Å². The summed E-state index contributed by atoms with van der Waals surface area (Å²) in [5.74, 6) is 3.44. The third kappa shape index (κ3) is 5.98. The number of hydrogen-bond donors (Lipinski definition) is 3. The fraction of sp³-hybridized carbons (Fsp3) is 0.278. The summed E-state index contributed by atoms with van der Waals surface area (Å²) in [6, 6.07) is 11.7. The van der Waals surface area contributed by atoms with Crippen LogP contribution in [-0.4, -0.2) is 41.8 Å². The van der Waals surface area contributed by atoms with Crippen molar-refractivity contribution in [3.63, 3.8) is 0 Å². The SMILES string of the molecule is CN=C(NCCc1ccc(OC)cc1)NCc1nc(-c2ccco2)n[nH]1.I. The number of nitrogens with zero attached hydrogens (tertiary/aromatic N) is 3. The maximum Gasteiger partial charge on any atom is 0.216 e. The van der Waals surface area contributed by atoms with Gasteiger partial charge in [0.2, 0.25) is 5.82 Å². The summed E-state index contributed by atoms with van der Waals surface area (Å²) in [6.45, 7) is 1.25. The number of aromatic amines is 1. The molecular formula is C18H23IN6O2. The van der Waals surface area contributed by atoms with Crippen LogP contribution in [0.5, 0.6) is 5.75 Å². The van der Waals surface area contributed by atoms with E-state index in [0.29, 0.717) is 29.9 Å². The Morgan fingerprint density at radius 1 is 1.22 bits per heavy atom. The van der Waals surface area contributed by atoms with Gasteiger partial charge in [-0.05, 0) is 36.2 Å². The Bertz CT molecular complexity index is 830. The topological polar surface area (TPSA) is 100 Å². The molecular weight excluding hydrogens is 459 g/mol. The zero-order chi connectivity index (χ0) is 18.2. The van der Waals surface area contributed by atoms with Gasteiger partial charge in [0, 0.05) is 13.6 Å². The van der Waals surface area contributed by atoms with Crippen molar-refractivity contribution in [2.24, 2.45) is 4.99 Å². The van der Waals surface area contributed by atoms with Gasteiger partial charge >= 0.3 is 0 Å². The predicted molar refractivity (Wildman–Crippen MR) is 114 cm³/mol. The lowest BCUT2D eigenvalue weighted by Gasteiger charge is -2.11. The van der Waals surface area contributed by atoms with E-state index in [-0.39, 0.29) is 24.0 Å². The molecule has 0 amide bonds. The van der Waals surface area contributed by atoms with Crippen LogP contribution in [0.25, 0.3) is 11.6 Å². The first kappa shape index (κ1) is 20.7. The molecule has 1 aromatic carbocycles. The molecule has 2 heterocycles. The molecule has 0 aliphatic carbocycles. The van der Waals surface area contributed by atoms with E-state index in [1.807, 2.05) is 18.2 Å². The second-order valence-corrected chi connectivity index (χ2v) is 5.53. The van der Waals surface area contributed by atoms with Crippen molar-refractivity contribution in [2.45, 2.75) is 13.0 Å². The van der Waals surface area contributed by atoms with E-state index < -0.39 is 0 Å². The molecule has 0 radical (unpaired) electrons. The second kappa shape index (κ2) is 10.6. The number of guanidine groups is 1.